The number of halogens is 4. The second-order valence-electron chi connectivity index (χ2n) is 10.8. The summed E-state index contributed by atoms with van der Waals surface area (Å²) in [6.45, 7) is 0.174. The van der Waals surface area contributed by atoms with Crippen LogP contribution in [-0.4, -0.2) is 43.6 Å². The Morgan fingerprint density at radius 2 is 1.70 bits per heavy atom. The molecule has 2 bridgehead atoms. The molecule has 0 spiro atoms. The molecular weight excluding hydrogens is 609 g/mol. The highest BCUT2D eigenvalue weighted by molar-refractivity contribution is 7.92. The molecule has 2 fully saturated rings. The van der Waals surface area contributed by atoms with Gasteiger partial charge in [0.2, 0.25) is 0 Å². The van der Waals surface area contributed by atoms with E-state index in [1.807, 2.05) is 12.1 Å². The molecule has 2 saturated carbocycles. The molecule has 0 radical (unpaired) electrons. The Morgan fingerprint density at radius 3 is 2.30 bits per heavy atom. The topological polar surface area (TPSA) is 114 Å². The van der Waals surface area contributed by atoms with Crippen LogP contribution in [0.4, 0.5) is 18.9 Å². The molecule has 3 aromatic carbocycles. The summed E-state index contributed by atoms with van der Waals surface area (Å²) in [4.78, 5) is 17.9. The number of hydrogen-bond donors (Lipinski definition) is 2. The van der Waals surface area contributed by atoms with E-state index >= 15 is 0 Å². The predicted octanol–water partition coefficient (Wildman–Crippen LogP) is 5.91. The number of hydrogen-bond acceptors (Lipinski definition) is 7. The van der Waals surface area contributed by atoms with Crippen molar-refractivity contribution >= 4 is 39.2 Å². The average Bonchev–Trinajstić information content (AvgIpc) is 3.27. The summed E-state index contributed by atoms with van der Waals surface area (Å²) in [5.41, 5.74) is -0.985. The fraction of sp³-hybridized carbons (Fsp3) is 0.333. The van der Waals surface area contributed by atoms with Gasteiger partial charge in [-0.1, -0.05) is 28.9 Å². The van der Waals surface area contributed by atoms with Crippen LogP contribution in [0.15, 0.2) is 64.6 Å². The molecule has 3 aromatic rings. The molecule has 228 valence electrons. The highest BCUT2D eigenvalue weighted by atomic mass is 35.5. The van der Waals surface area contributed by atoms with Gasteiger partial charge in [0, 0.05) is 23.4 Å². The number of ether oxygens (including phenoxy) is 1. The number of fused-ring (bicyclic) bond motifs is 2. The van der Waals surface area contributed by atoms with E-state index in [0.717, 1.165) is 11.6 Å². The van der Waals surface area contributed by atoms with Gasteiger partial charge >= 0.3 is 0 Å². The van der Waals surface area contributed by atoms with Gasteiger partial charge in [0.1, 0.15) is 18.0 Å². The first-order valence-corrected chi connectivity index (χ1v) is 15.3. The third-order valence-corrected chi connectivity index (χ3v) is 10.8. The molecule has 43 heavy (non-hydrogen) atoms. The van der Waals surface area contributed by atoms with Gasteiger partial charge in [-0.3, -0.25) is 4.79 Å². The molecule has 5 rings (SSSR count). The molecule has 0 saturated heterocycles. The van der Waals surface area contributed by atoms with Crippen molar-refractivity contribution in [3.05, 3.63) is 88.2 Å². The molecule has 2 aliphatic carbocycles. The summed E-state index contributed by atoms with van der Waals surface area (Å²) in [7, 11) is -2.50. The molecule has 2 N–H and O–H groups in total. The van der Waals surface area contributed by atoms with E-state index in [4.69, 9.17) is 21.2 Å². The first kappa shape index (κ1) is 30.8. The number of benzene rings is 3. The zero-order valence-electron chi connectivity index (χ0n) is 22.9. The van der Waals surface area contributed by atoms with Crippen molar-refractivity contribution in [2.75, 3.05) is 12.4 Å². The first-order chi connectivity index (χ1) is 20.4. The van der Waals surface area contributed by atoms with Crippen molar-refractivity contribution < 1.29 is 41.1 Å². The van der Waals surface area contributed by atoms with Crippen LogP contribution < -0.4 is 10.1 Å². The zero-order chi connectivity index (χ0) is 30.9. The third kappa shape index (κ3) is 6.51. The number of methoxy groups -OCH3 is 1. The number of aliphatic hydroxyl groups is 1. The number of amides is 1. The van der Waals surface area contributed by atoms with E-state index < -0.39 is 55.9 Å². The Kier molecular flexibility index (Phi) is 8.73. The highest BCUT2D eigenvalue weighted by Crippen LogP contribution is 2.51. The van der Waals surface area contributed by atoms with Crippen LogP contribution in [0.1, 0.15) is 41.6 Å². The van der Waals surface area contributed by atoms with Crippen LogP contribution in [0.5, 0.6) is 5.75 Å². The van der Waals surface area contributed by atoms with Crippen LogP contribution in [0.25, 0.3) is 0 Å². The van der Waals surface area contributed by atoms with Crippen molar-refractivity contribution in [2.24, 2.45) is 17.0 Å². The molecule has 0 aliphatic heterocycles. The summed E-state index contributed by atoms with van der Waals surface area (Å²) in [5, 5.41) is 16.5. The van der Waals surface area contributed by atoms with E-state index in [9.17, 15) is 31.5 Å². The quantitative estimate of drug-likeness (QED) is 0.171. The van der Waals surface area contributed by atoms with Crippen LogP contribution in [0, 0.1) is 29.3 Å². The summed E-state index contributed by atoms with van der Waals surface area (Å²) in [5.74, 6) is -5.63. The lowest BCUT2D eigenvalue weighted by Gasteiger charge is -2.38. The smallest absolute Gasteiger partial charge is 0.255 e. The third-order valence-electron chi connectivity index (χ3n) is 7.93. The summed E-state index contributed by atoms with van der Waals surface area (Å²) in [6, 6.07) is 12.1. The molecule has 4 atom stereocenters. The lowest BCUT2D eigenvalue weighted by molar-refractivity contribution is 0.0411. The predicted molar refractivity (Wildman–Crippen MR) is 153 cm³/mol. The Labute approximate surface area is 251 Å². The van der Waals surface area contributed by atoms with E-state index in [1.165, 1.54) is 18.3 Å². The van der Waals surface area contributed by atoms with Crippen molar-refractivity contribution in [1.82, 2.24) is 0 Å². The Morgan fingerprint density at radius 1 is 1.07 bits per heavy atom. The van der Waals surface area contributed by atoms with Crippen LogP contribution in [0.2, 0.25) is 5.02 Å². The van der Waals surface area contributed by atoms with Gasteiger partial charge in [0.15, 0.2) is 27.3 Å². The van der Waals surface area contributed by atoms with E-state index in [0.29, 0.717) is 30.7 Å². The molecular formula is C30H28ClF3N2O6S. The Balaban J connectivity index is 1.29. The standard InChI is InChI=1S/C30H28ClF3N2O6S/c1-41-22-7-2-17(3-8-22)15-42-35-16-30(38)13-19-4-5-20(14-30)28(19)43(39,40)26-10-18(6-9-23(26)31)29(37)36-21-11-24(32)27(34)25(33)12-21/h2-3,6-12,16,19-20,28,38H,4-5,13-15H2,1H3,(H,36,37)/b35-16+/t19-,20?,28?,30?/m0/s1. The van der Waals surface area contributed by atoms with E-state index in [1.54, 1.807) is 19.2 Å². The van der Waals surface area contributed by atoms with Gasteiger partial charge in [-0.2, -0.15) is 0 Å². The maximum absolute atomic E-state index is 13.9. The van der Waals surface area contributed by atoms with Crippen molar-refractivity contribution in [3.63, 3.8) is 0 Å². The van der Waals surface area contributed by atoms with Gasteiger partial charge < -0.3 is 20.0 Å². The van der Waals surface area contributed by atoms with Gasteiger partial charge in [-0.25, -0.2) is 21.6 Å². The van der Waals surface area contributed by atoms with Crippen LogP contribution in [-0.2, 0) is 21.3 Å². The number of oxime groups is 1. The Bertz CT molecular complexity index is 1630. The molecule has 1 amide bonds. The van der Waals surface area contributed by atoms with Crippen LogP contribution >= 0.6 is 11.6 Å². The summed E-state index contributed by atoms with van der Waals surface area (Å²) < 4.78 is 73.4. The second-order valence-corrected chi connectivity index (χ2v) is 13.3. The molecule has 13 heteroatoms. The monoisotopic (exact) mass is 636 g/mol. The van der Waals surface area contributed by atoms with Crippen molar-refractivity contribution in [2.45, 2.75) is 48.0 Å². The van der Waals surface area contributed by atoms with E-state index in [-0.39, 0.29) is 40.6 Å². The second kappa shape index (κ2) is 12.2. The maximum Gasteiger partial charge on any atom is 0.255 e. The minimum absolute atomic E-state index is 0.0934. The number of carbonyl (C=O) groups excluding carboxylic acids is 1. The lowest BCUT2D eigenvalue weighted by atomic mass is 9.78. The minimum atomic E-state index is -4.07. The maximum atomic E-state index is 13.9. The fourth-order valence-corrected chi connectivity index (χ4v) is 8.83. The fourth-order valence-electron chi connectivity index (χ4n) is 5.99. The number of nitrogens with zero attached hydrogens (tertiary/aromatic N) is 1. The number of rotatable bonds is 9. The number of carbonyl (C=O) groups is 1. The van der Waals surface area contributed by atoms with Crippen molar-refractivity contribution in [1.29, 1.82) is 0 Å². The van der Waals surface area contributed by atoms with Crippen molar-refractivity contribution in [3.8, 4) is 5.75 Å². The van der Waals surface area contributed by atoms with Gasteiger partial charge in [0.05, 0.1) is 28.5 Å². The van der Waals surface area contributed by atoms with Gasteiger partial charge in [-0.15, -0.1) is 0 Å². The molecule has 0 aromatic heterocycles. The van der Waals surface area contributed by atoms with Crippen LogP contribution in [0.3, 0.4) is 0 Å². The van der Waals surface area contributed by atoms with Gasteiger partial charge in [-0.05, 0) is 73.4 Å². The first-order valence-electron chi connectivity index (χ1n) is 13.4. The molecule has 0 heterocycles. The summed E-state index contributed by atoms with van der Waals surface area (Å²) in [6.07, 6.45) is 2.74. The average molecular weight is 637 g/mol. The lowest BCUT2D eigenvalue weighted by Crippen LogP contribution is -2.47. The molecule has 2 aliphatic rings. The SMILES string of the molecule is COc1ccc(CO/N=C/C2(O)CC3CC[C@@H](C2)C3S(=O)(=O)c2cc(C(=O)Nc3cc(F)c(F)c(F)c3)ccc2Cl)cc1. The zero-order valence-corrected chi connectivity index (χ0v) is 24.5. The number of nitrogens with one attached hydrogen (secondary N) is 1. The van der Waals surface area contributed by atoms with E-state index in [2.05, 4.69) is 10.5 Å². The number of anilines is 1. The summed E-state index contributed by atoms with van der Waals surface area (Å²) >= 11 is 6.30. The van der Waals surface area contributed by atoms with Gasteiger partial charge in [0.25, 0.3) is 5.91 Å². The Hall–Kier alpha value is -3.61. The highest BCUT2D eigenvalue weighted by Gasteiger charge is 2.54. The molecule has 3 unspecified atom stereocenters. The molecule has 8 nitrogen and oxygen atoms in total. The minimum Gasteiger partial charge on any atom is -0.497 e. The number of sulfone groups is 1. The normalized spacial score (nSPS) is 23.3. The largest absolute Gasteiger partial charge is 0.497 e.